The molecule has 0 aromatic carbocycles. The fourth-order valence-corrected chi connectivity index (χ4v) is 3.51. The summed E-state index contributed by atoms with van der Waals surface area (Å²) < 4.78 is 11.2. The van der Waals surface area contributed by atoms with E-state index in [1.165, 1.54) is 32.4 Å². The van der Waals surface area contributed by atoms with Gasteiger partial charge in [0, 0.05) is 45.9 Å². The standard InChI is InChI=1S/C19H38N4O2/c1-3-20-19(22-10-12-23-11-4-7-17(2)15-23)21-9-6-13-24-16-18-8-5-14-25-18/h17-18H,3-16H2,1-2H3,(H2,20,21,22). The quantitative estimate of drug-likeness (QED) is 0.356. The first-order valence-electron chi connectivity index (χ1n) is 10.2. The van der Waals surface area contributed by atoms with Crippen LogP contribution in [0.2, 0.25) is 0 Å². The minimum atomic E-state index is 0.319. The van der Waals surface area contributed by atoms with Gasteiger partial charge in [0.25, 0.3) is 0 Å². The molecule has 2 atom stereocenters. The zero-order valence-electron chi connectivity index (χ0n) is 16.3. The average molecular weight is 355 g/mol. The van der Waals surface area contributed by atoms with E-state index in [-0.39, 0.29) is 0 Å². The second-order valence-electron chi connectivity index (χ2n) is 7.30. The van der Waals surface area contributed by atoms with Crippen LogP contribution >= 0.6 is 0 Å². The van der Waals surface area contributed by atoms with Crippen molar-refractivity contribution in [2.75, 3.05) is 59.1 Å². The van der Waals surface area contributed by atoms with E-state index in [0.717, 1.165) is 70.7 Å². The van der Waals surface area contributed by atoms with E-state index in [4.69, 9.17) is 9.47 Å². The van der Waals surface area contributed by atoms with E-state index in [1.807, 2.05) is 0 Å². The molecule has 0 aromatic heterocycles. The van der Waals surface area contributed by atoms with Crippen LogP contribution in [-0.2, 0) is 9.47 Å². The number of likely N-dealkylation sites (tertiary alicyclic amines) is 1. The summed E-state index contributed by atoms with van der Waals surface area (Å²) in [4.78, 5) is 7.20. The molecule has 2 unspecified atom stereocenters. The minimum absolute atomic E-state index is 0.319. The Bertz CT molecular complexity index is 372. The van der Waals surface area contributed by atoms with Gasteiger partial charge in [0.1, 0.15) is 0 Å². The second kappa shape index (κ2) is 12.5. The van der Waals surface area contributed by atoms with Crippen molar-refractivity contribution in [3.63, 3.8) is 0 Å². The van der Waals surface area contributed by atoms with Gasteiger partial charge in [-0.15, -0.1) is 0 Å². The number of aliphatic imine (C=N–C) groups is 1. The van der Waals surface area contributed by atoms with Crippen LogP contribution in [0, 0.1) is 5.92 Å². The number of ether oxygens (including phenoxy) is 2. The van der Waals surface area contributed by atoms with Crippen molar-refractivity contribution in [1.82, 2.24) is 15.5 Å². The molecule has 2 heterocycles. The van der Waals surface area contributed by atoms with Gasteiger partial charge in [-0.3, -0.25) is 4.99 Å². The normalized spacial score (nSPS) is 25.3. The predicted octanol–water partition coefficient (Wildman–Crippen LogP) is 1.86. The fourth-order valence-electron chi connectivity index (χ4n) is 3.51. The SMILES string of the molecule is CCNC(=NCCCOCC1CCCO1)NCCN1CCCC(C)C1. The lowest BCUT2D eigenvalue weighted by atomic mass is 10.0. The first-order chi connectivity index (χ1) is 12.3. The Balaban J connectivity index is 1.54. The van der Waals surface area contributed by atoms with Crippen LogP contribution in [0.3, 0.4) is 0 Å². The molecule has 2 aliphatic heterocycles. The van der Waals surface area contributed by atoms with Crippen LogP contribution < -0.4 is 10.6 Å². The molecule has 2 N–H and O–H groups in total. The van der Waals surface area contributed by atoms with E-state index in [0.29, 0.717) is 6.10 Å². The van der Waals surface area contributed by atoms with Crippen LogP contribution in [0.5, 0.6) is 0 Å². The molecule has 0 radical (unpaired) electrons. The third-order valence-corrected chi connectivity index (χ3v) is 4.85. The van der Waals surface area contributed by atoms with E-state index < -0.39 is 0 Å². The molecule has 6 heteroatoms. The van der Waals surface area contributed by atoms with Crippen molar-refractivity contribution < 1.29 is 9.47 Å². The van der Waals surface area contributed by atoms with E-state index in [9.17, 15) is 0 Å². The van der Waals surface area contributed by atoms with Gasteiger partial charge in [0.2, 0.25) is 0 Å². The zero-order chi connectivity index (χ0) is 17.7. The van der Waals surface area contributed by atoms with E-state index >= 15 is 0 Å². The molecular weight excluding hydrogens is 316 g/mol. The average Bonchev–Trinajstić information content (AvgIpc) is 3.11. The smallest absolute Gasteiger partial charge is 0.191 e. The van der Waals surface area contributed by atoms with Gasteiger partial charge in [-0.1, -0.05) is 6.92 Å². The highest BCUT2D eigenvalue weighted by molar-refractivity contribution is 5.79. The van der Waals surface area contributed by atoms with E-state index in [2.05, 4.69) is 34.4 Å². The zero-order valence-corrected chi connectivity index (χ0v) is 16.3. The Hall–Kier alpha value is -0.850. The lowest BCUT2D eigenvalue weighted by Crippen LogP contribution is -2.43. The van der Waals surface area contributed by atoms with Crippen molar-refractivity contribution >= 4 is 5.96 Å². The molecule has 0 spiro atoms. The maximum Gasteiger partial charge on any atom is 0.191 e. The molecule has 2 fully saturated rings. The van der Waals surface area contributed by atoms with Gasteiger partial charge >= 0.3 is 0 Å². The highest BCUT2D eigenvalue weighted by Crippen LogP contribution is 2.14. The molecule has 0 aromatic rings. The van der Waals surface area contributed by atoms with Crippen molar-refractivity contribution in [1.29, 1.82) is 0 Å². The maximum atomic E-state index is 5.69. The molecule has 2 saturated heterocycles. The molecular formula is C19H38N4O2. The number of hydrogen-bond donors (Lipinski definition) is 2. The summed E-state index contributed by atoms with van der Waals surface area (Å²) in [5.74, 6) is 1.76. The van der Waals surface area contributed by atoms with Crippen molar-refractivity contribution in [3.8, 4) is 0 Å². The van der Waals surface area contributed by atoms with Gasteiger partial charge in [-0.05, 0) is 51.5 Å². The highest BCUT2D eigenvalue weighted by atomic mass is 16.5. The molecule has 0 aliphatic carbocycles. The predicted molar refractivity (Wildman–Crippen MR) is 103 cm³/mol. The third kappa shape index (κ3) is 8.88. The van der Waals surface area contributed by atoms with Crippen LogP contribution in [0.4, 0.5) is 0 Å². The lowest BCUT2D eigenvalue weighted by Gasteiger charge is -2.30. The molecule has 6 nitrogen and oxygen atoms in total. The Morgan fingerprint density at radius 1 is 1.28 bits per heavy atom. The largest absolute Gasteiger partial charge is 0.379 e. The van der Waals surface area contributed by atoms with Crippen LogP contribution in [0.15, 0.2) is 4.99 Å². The Labute approximate surface area is 153 Å². The first-order valence-corrected chi connectivity index (χ1v) is 10.2. The van der Waals surface area contributed by atoms with Gasteiger partial charge in [-0.2, -0.15) is 0 Å². The topological polar surface area (TPSA) is 58.1 Å². The molecule has 146 valence electrons. The van der Waals surface area contributed by atoms with Crippen LogP contribution in [0.25, 0.3) is 0 Å². The lowest BCUT2D eigenvalue weighted by molar-refractivity contribution is 0.0171. The van der Waals surface area contributed by atoms with Crippen LogP contribution in [-0.4, -0.2) is 76.1 Å². The van der Waals surface area contributed by atoms with Crippen molar-refractivity contribution in [2.45, 2.75) is 52.1 Å². The van der Waals surface area contributed by atoms with Gasteiger partial charge in [-0.25, -0.2) is 0 Å². The van der Waals surface area contributed by atoms with Crippen LogP contribution in [0.1, 0.15) is 46.0 Å². The third-order valence-electron chi connectivity index (χ3n) is 4.85. The number of nitrogens with zero attached hydrogens (tertiary/aromatic N) is 2. The highest BCUT2D eigenvalue weighted by Gasteiger charge is 2.16. The summed E-state index contributed by atoms with van der Waals surface area (Å²) in [6.45, 7) is 13.0. The molecule has 0 bridgehead atoms. The second-order valence-corrected chi connectivity index (χ2v) is 7.30. The van der Waals surface area contributed by atoms with Gasteiger partial charge in [0.05, 0.1) is 12.7 Å². The monoisotopic (exact) mass is 354 g/mol. The summed E-state index contributed by atoms with van der Waals surface area (Å²) >= 11 is 0. The maximum absolute atomic E-state index is 5.69. The number of guanidine groups is 1. The molecule has 25 heavy (non-hydrogen) atoms. The number of nitrogens with one attached hydrogen (secondary N) is 2. The fraction of sp³-hybridized carbons (Fsp3) is 0.947. The Morgan fingerprint density at radius 3 is 2.96 bits per heavy atom. The summed E-state index contributed by atoms with van der Waals surface area (Å²) in [6.07, 6.45) is 6.30. The molecule has 0 amide bonds. The number of rotatable bonds is 10. The minimum Gasteiger partial charge on any atom is -0.379 e. The first kappa shape index (κ1) is 20.5. The summed E-state index contributed by atoms with van der Waals surface area (Å²) in [5, 5.41) is 6.78. The van der Waals surface area contributed by atoms with Crippen molar-refractivity contribution in [2.24, 2.45) is 10.9 Å². The number of hydrogen-bond acceptors (Lipinski definition) is 4. The van der Waals surface area contributed by atoms with E-state index in [1.54, 1.807) is 0 Å². The summed E-state index contributed by atoms with van der Waals surface area (Å²) in [5.41, 5.74) is 0. The van der Waals surface area contributed by atoms with Gasteiger partial charge < -0.3 is 25.0 Å². The van der Waals surface area contributed by atoms with Crippen molar-refractivity contribution in [3.05, 3.63) is 0 Å². The Kier molecular flexibility index (Phi) is 10.2. The molecule has 0 saturated carbocycles. The summed E-state index contributed by atoms with van der Waals surface area (Å²) in [7, 11) is 0. The van der Waals surface area contributed by atoms with Gasteiger partial charge in [0.15, 0.2) is 5.96 Å². The number of piperidine rings is 1. The Morgan fingerprint density at radius 2 is 2.20 bits per heavy atom. The molecule has 2 rings (SSSR count). The summed E-state index contributed by atoms with van der Waals surface area (Å²) in [6, 6.07) is 0. The molecule has 2 aliphatic rings.